The van der Waals surface area contributed by atoms with Crippen LogP contribution in [-0.4, -0.2) is 27.6 Å². The van der Waals surface area contributed by atoms with Crippen LogP contribution in [0.3, 0.4) is 0 Å². The first kappa shape index (κ1) is 17.2. The van der Waals surface area contributed by atoms with Crippen molar-refractivity contribution in [3.63, 3.8) is 0 Å². The highest BCUT2D eigenvalue weighted by Gasteiger charge is 2.22. The molecule has 0 fully saturated rings. The minimum absolute atomic E-state index is 0.0808. The highest BCUT2D eigenvalue weighted by Crippen LogP contribution is 2.30. The molecule has 2 heterocycles. The van der Waals surface area contributed by atoms with Crippen molar-refractivity contribution in [2.75, 3.05) is 11.4 Å². The van der Waals surface area contributed by atoms with Crippen molar-refractivity contribution in [2.24, 2.45) is 5.92 Å². The molecule has 0 aliphatic rings. The Bertz CT molecular complexity index is 843. The van der Waals surface area contributed by atoms with Gasteiger partial charge in [-0.3, -0.25) is 14.7 Å². The molecular formula is C19H20N4OS. The summed E-state index contributed by atoms with van der Waals surface area (Å²) in [6.07, 6.45) is 3.25. The van der Waals surface area contributed by atoms with Gasteiger partial charge in [0.2, 0.25) is 5.13 Å². The van der Waals surface area contributed by atoms with E-state index in [1.54, 1.807) is 29.4 Å². The number of amides is 1. The standard InChI is InChI=1S/C19H20N4OS/c1-13(2)12-23(18(24)16-8-10-20-11-9-16)19-22-21-17(25-19)15-6-4-14(3)5-7-15/h4-11,13H,12H2,1-3H3. The predicted molar refractivity (Wildman–Crippen MR) is 101 cm³/mol. The zero-order valence-corrected chi connectivity index (χ0v) is 15.3. The van der Waals surface area contributed by atoms with Crippen molar-refractivity contribution in [3.05, 3.63) is 59.9 Å². The third-order valence-electron chi connectivity index (χ3n) is 3.66. The van der Waals surface area contributed by atoms with Crippen molar-refractivity contribution >= 4 is 22.4 Å². The van der Waals surface area contributed by atoms with E-state index in [2.05, 4.69) is 29.0 Å². The maximum atomic E-state index is 12.9. The van der Waals surface area contributed by atoms with Crippen LogP contribution in [-0.2, 0) is 0 Å². The van der Waals surface area contributed by atoms with E-state index >= 15 is 0 Å². The van der Waals surface area contributed by atoms with E-state index in [-0.39, 0.29) is 5.91 Å². The third-order valence-corrected chi connectivity index (χ3v) is 4.66. The van der Waals surface area contributed by atoms with E-state index in [1.807, 2.05) is 31.2 Å². The fourth-order valence-electron chi connectivity index (χ4n) is 2.40. The molecule has 0 unspecified atom stereocenters. The second kappa shape index (κ2) is 7.53. The van der Waals surface area contributed by atoms with E-state index in [0.717, 1.165) is 10.6 Å². The summed E-state index contributed by atoms with van der Waals surface area (Å²) in [6.45, 7) is 6.79. The van der Waals surface area contributed by atoms with Crippen LogP contribution in [0.5, 0.6) is 0 Å². The summed E-state index contributed by atoms with van der Waals surface area (Å²) >= 11 is 1.43. The molecule has 0 saturated heterocycles. The molecule has 2 aromatic heterocycles. The summed E-state index contributed by atoms with van der Waals surface area (Å²) in [5.41, 5.74) is 2.81. The van der Waals surface area contributed by atoms with Crippen molar-refractivity contribution in [1.82, 2.24) is 15.2 Å². The summed E-state index contributed by atoms with van der Waals surface area (Å²) in [7, 11) is 0. The van der Waals surface area contributed by atoms with Crippen LogP contribution in [0, 0.1) is 12.8 Å². The maximum absolute atomic E-state index is 12.9. The Balaban J connectivity index is 1.92. The average molecular weight is 352 g/mol. The summed E-state index contributed by atoms with van der Waals surface area (Å²) in [5.74, 6) is 0.236. The molecule has 0 aliphatic carbocycles. The normalized spacial score (nSPS) is 10.9. The molecule has 3 rings (SSSR count). The maximum Gasteiger partial charge on any atom is 0.260 e. The van der Waals surface area contributed by atoms with Gasteiger partial charge in [0.25, 0.3) is 5.91 Å². The van der Waals surface area contributed by atoms with Gasteiger partial charge in [-0.25, -0.2) is 0 Å². The number of anilines is 1. The second-order valence-corrected chi connectivity index (χ2v) is 7.26. The van der Waals surface area contributed by atoms with Gasteiger partial charge in [-0.05, 0) is 25.0 Å². The molecule has 0 spiro atoms. The fraction of sp³-hybridized carbons (Fsp3) is 0.263. The van der Waals surface area contributed by atoms with Gasteiger partial charge in [0.1, 0.15) is 5.01 Å². The third kappa shape index (κ3) is 4.09. The SMILES string of the molecule is Cc1ccc(-c2nnc(N(CC(C)C)C(=O)c3ccncc3)s2)cc1. The largest absolute Gasteiger partial charge is 0.282 e. The quantitative estimate of drug-likeness (QED) is 0.690. The lowest BCUT2D eigenvalue weighted by molar-refractivity contribution is 0.0983. The summed E-state index contributed by atoms with van der Waals surface area (Å²) in [6, 6.07) is 11.6. The first-order valence-electron chi connectivity index (χ1n) is 8.17. The minimum atomic E-state index is -0.0808. The number of pyridine rings is 1. The van der Waals surface area contributed by atoms with Gasteiger partial charge < -0.3 is 0 Å². The highest BCUT2D eigenvalue weighted by atomic mass is 32.1. The van der Waals surface area contributed by atoms with Crippen molar-refractivity contribution in [3.8, 4) is 10.6 Å². The molecule has 0 atom stereocenters. The smallest absolute Gasteiger partial charge is 0.260 e. The Kier molecular flexibility index (Phi) is 5.19. The van der Waals surface area contributed by atoms with Gasteiger partial charge in [0.15, 0.2) is 0 Å². The van der Waals surface area contributed by atoms with Crippen molar-refractivity contribution < 1.29 is 4.79 Å². The molecule has 128 valence electrons. The first-order valence-corrected chi connectivity index (χ1v) is 8.98. The predicted octanol–water partition coefficient (Wildman–Crippen LogP) is 4.21. The monoisotopic (exact) mass is 352 g/mol. The number of aromatic nitrogens is 3. The number of hydrogen-bond donors (Lipinski definition) is 0. The number of carbonyl (C=O) groups is 1. The molecule has 0 saturated carbocycles. The number of carbonyl (C=O) groups excluding carboxylic acids is 1. The van der Waals surface area contributed by atoms with E-state index in [9.17, 15) is 4.79 Å². The van der Waals surface area contributed by atoms with E-state index in [1.165, 1.54) is 16.9 Å². The van der Waals surface area contributed by atoms with E-state index in [0.29, 0.717) is 23.2 Å². The summed E-state index contributed by atoms with van der Waals surface area (Å²) in [5, 5.41) is 9.98. The first-order chi connectivity index (χ1) is 12.0. The molecule has 1 amide bonds. The zero-order chi connectivity index (χ0) is 17.8. The molecule has 1 aromatic carbocycles. The van der Waals surface area contributed by atoms with Crippen molar-refractivity contribution in [1.29, 1.82) is 0 Å². The van der Waals surface area contributed by atoms with E-state index < -0.39 is 0 Å². The second-order valence-electron chi connectivity index (χ2n) is 6.30. The van der Waals surface area contributed by atoms with Crippen LogP contribution in [0.25, 0.3) is 10.6 Å². The van der Waals surface area contributed by atoms with Gasteiger partial charge in [-0.15, -0.1) is 10.2 Å². The van der Waals surface area contributed by atoms with Gasteiger partial charge in [-0.2, -0.15) is 0 Å². The Morgan fingerprint density at radius 3 is 2.40 bits per heavy atom. The molecule has 0 radical (unpaired) electrons. The molecule has 3 aromatic rings. The molecule has 6 heteroatoms. The van der Waals surface area contributed by atoms with Crippen LogP contribution < -0.4 is 4.90 Å². The number of rotatable bonds is 5. The molecular weight excluding hydrogens is 332 g/mol. The van der Waals surface area contributed by atoms with Gasteiger partial charge in [0.05, 0.1) is 0 Å². The van der Waals surface area contributed by atoms with Gasteiger partial charge >= 0.3 is 0 Å². The van der Waals surface area contributed by atoms with Crippen LogP contribution in [0.4, 0.5) is 5.13 Å². The summed E-state index contributed by atoms with van der Waals surface area (Å²) < 4.78 is 0. The lowest BCUT2D eigenvalue weighted by Crippen LogP contribution is -2.34. The van der Waals surface area contributed by atoms with Crippen LogP contribution in [0.2, 0.25) is 0 Å². The van der Waals surface area contributed by atoms with Crippen molar-refractivity contribution in [2.45, 2.75) is 20.8 Å². The number of benzene rings is 1. The molecule has 5 nitrogen and oxygen atoms in total. The molecule has 0 N–H and O–H groups in total. The number of hydrogen-bond acceptors (Lipinski definition) is 5. The Morgan fingerprint density at radius 2 is 1.76 bits per heavy atom. The Morgan fingerprint density at radius 1 is 1.08 bits per heavy atom. The van der Waals surface area contributed by atoms with Gasteiger partial charge in [0, 0.05) is 30.1 Å². The molecule has 0 aliphatic heterocycles. The topological polar surface area (TPSA) is 59.0 Å². The van der Waals surface area contributed by atoms with Gasteiger partial charge in [-0.1, -0.05) is 55.0 Å². The van der Waals surface area contributed by atoms with Crippen LogP contribution in [0.15, 0.2) is 48.8 Å². The van der Waals surface area contributed by atoms with Crippen LogP contribution in [0.1, 0.15) is 29.8 Å². The fourth-order valence-corrected chi connectivity index (χ4v) is 3.26. The Labute approximate surface area is 151 Å². The molecule has 0 bridgehead atoms. The summed E-state index contributed by atoms with van der Waals surface area (Å²) in [4.78, 5) is 18.6. The highest BCUT2D eigenvalue weighted by molar-refractivity contribution is 7.18. The Hall–Kier alpha value is -2.60. The van der Waals surface area contributed by atoms with Crippen LogP contribution >= 0.6 is 11.3 Å². The molecule has 25 heavy (non-hydrogen) atoms. The lowest BCUT2D eigenvalue weighted by Gasteiger charge is -2.21. The zero-order valence-electron chi connectivity index (χ0n) is 14.5. The lowest BCUT2D eigenvalue weighted by atomic mass is 10.2. The average Bonchev–Trinajstić information content (AvgIpc) is 3.10. The van der Waals surface area contributed by atoms with E-state index in [4.69, 9.17) is 0 Å². The minimum Gasteiger partial charge on any atom is -0.282 e. The number of nitrogens with zero attached hydrogens (tertiary/aromatic N) is 4. The number of aryl methyl sites for hydroxylation is 1.